The fourth-order valence-corrected chi connectivity index (χ4v) is 1.91. The number of imidazole rings is 1. The molecular formula is C13H12N6. The minimum atomic E-state index is 0.261. The van der Waals surface area contributed by atoms with Crippen molar-refractivity contribution >= 4 is 17.3 Å². The van der Waals surface area contributed by atoms with E-state index in [1.165, 1.54) is 0 Å². The number of nitrogens with zero attached hydrogens (tertiary/aromatic N) is 5. The summed E-state index contributed by atoms with van der Waals surface area (Å²) < 4.78 is 1.84. The van der Waals surface area contributed by atoms with E-state index in [0.717, 1.165) is 22.4 Å². The molecule has 6 nitrogen and oxygen atoms in total. The van der Waals surface area contributed by atoms with E-state index in [9.17, 15) is 0 Å². The van der Waals surface area contributed by atoms with Crippen molar-refractivity contribution in [2.24, 2.45) is 0 Å². The molecule has 6 heteroatoms. The molecule has 0 aromatic carbocycles. The average Bonchev–Trinajstić information content (AvgIpc) is 2.85. The second kappa shape index (κ2) is 4.16. The number of nitrogen functional groups attached to an aromatic ring is 1. The lowest BCUT2D eigenvalue weighted by Crippen LogP contribution is -2.01. The maximum Gasteiger partial charge on any atom is 0.233 e. The van der Waals surface area contributed by atoms with Crippen molar-refractivity contribution in [3.05, 3.63) is 54.4 Å². The van der Waals surface area contributed by atoms with Gasteiger partial charge in [-0.2, -0.15) is 0 Å². The Morgan fingerprint density at radius 2 is 2.11 bits per heavy atom. The first kappa shape index (κ1) is 11.3. The van der Waals surface area contributed by atoms with Crippen LogP contribution in [0.15, 0.2) is 37.6 Å². The molecule has 0 spiro atoms. The molecule has 2 N–H and O–H groups in total. The number of anilines is 1. The van der Waals surface area contributed by atoms with Gasteiger partial charge >= 0.3 is 0 Å². The molecule has 0 atom stereocenters. The van der Waals surface area contributed by atoms with Crippen molar-refractivity contribution in [2.45, 2.75) is 6.92 Å². The smallest absolute Gasteiger partial charge is 0.233 e. The van der Waals surface area contributed by atoms with Gasteiger partial charge in [0.1, 0.15) is 0 Å². The zero-order valence-corrected chi connectivity index (χ0v) is 10.4. The Kier molecular flexibility index (Phi) is 2.49. The van der Waals surface area contributed by atoms with Crippen molar-refractivity contribution in [2.75, 3.05) is 5.73 Å². The number of nitrogens with two attached hydrogens (primary N) is 1. The first-order valence-electron chi connectivity index (χ1n) is 5.72. The molecule has 3 rings (SSSR count). The maximum atomic E-state index is 5.55. The Morgan fingerprint density at radius 1 is 1.26 bits per heavy atom. The van der Waals surface area contributed by atoms with E-state index in [2.05, 4.69) is 26.5 Å². The third-order valence-corrected chi connectivity index (χ3v) is 2.92. The number of fused-ring (bicyclic) bond motifs is 1. The normalized spacial score (nSPS) is 10.8. The zero-order valence-electron chi connectivity index (χ0n) is 10.4. The Morgan fingerprint density at radius 3 is 2.89 bits per heavy atom. The molecule has 0 saturated heterocycles. The predicted octanol–water partition coefficient (Wildman–Crippen LogP) is 1.47. The van der Waals surface area contributed by atoms with Crippen LogP contribution in [-0.2, 0) is 0 Å². The molecule has 0 unspecified atom stereocenters. The monoisotopic (exact) mass is 252 g/mol. The molecule has 0 aliphatic heterocycles. The quantitative estimate of drug-likeness (QED) is 0.746. The topological polar surface area (TPSA) is 82.0 Å². The van der Waals surface area contributed by atoms with Crippen molar-refractivity contribution < 1.29 is 0 Å². The van der Waals surface area contributed by atoms with Crippen molar-refractivity contribution in [1.82, 2.24) is 24.3 Å². The highest BCUT2D eigenvalue weighted by Crippen LogP contribution is 2.22. The molecule has 0 amide bonds. The lowest BCUT2D eigenvalue weighted by atomic mass is 10.0. The van der Waals surface area contributed by atoms with Gasteiger partial charge in [-0.15, -0.1) is 0 Å². The molecule has 0 saturated carbocycles. The van der Waals surface area contributed by atoms with E-state index in [4.69, 9.17) is 5.73 Å². The molecular weight excluding hydrogens is 240 g/mol. The highest BCUT2D eigenvalue weighted by atomic mass is 15.1. The molecule has 19 heavy (non-hydrogen) atoms. The van der Waals surface area contributed by atoms with Gasteiger partial charge in [0.25, 0.3) is 0 Å². The van der Waals surface area contributed by atoms with E-state index in [1.807, 2.05) is 23.7 Å². The molecule has 94 valence electrons. The minimum Gasteiger partial charge on any atom is -0.368 e. The van der Waals surface area contributed by atoms with Gasteiger partial charge < -0.3 is 5.73 Å². The van der Waals surface area contributed by atoms with Crippen molar-refractivity contribution in [3.8, 4) is 0 Å². The zero-order chi connectivity index (χ0) is 13.4. The van der Waals surface area contributed by atoms with Crippen LogP contribution < -0.4 is 5.73 Å². The molecule has 3 aromatic rings. The van der Waals surface area contributed by atoms with E-state index in [-0.39, 0.29) is 5.95 Å². The van der Waals surface area contributed by atoms with Crippen LogP contribution in [0.1, 0.15) is 16.8 Å². The van der Waals surface area contributed by atoms with Crippen LogP contribution >= 0.6 is 0 Å². The molecule has 3 heterocycles. The fraction of sp³-hybridized carbons (Fsp3) is 0.0769. The third-order valence-electron chi connectivity index (χ3n) is 2.92. The fourth-order valence-electron chi connectivity index (χ4n) is 1.91. The van der Waals surface area contributed by atoms with Crippen LogP contribution in [0.2, 0.25) is 0 Å². The van der Waals surface area contributed by atoms with Gasteiger partial charge in [0, 0.05) is 42.1 Å². The summed E-state index contributed by atoms with van der Waals surface area (Å²) >= 11 is 0. The van der Waals surface area contributed by atoms with Crippen molar-refractivity contribution in [3.63, 3.8) is 0 Å². The van der Waals surface area contributed by atoms with E-state index >= 15 is 0 Å². The van der Waals surface area contributed by atoms with Crippen LogP contribution in [0.4, 0.5) is 5.95 Å². The number of aromatic nitrogens is 5. The predicted molar refractivity (Wildman–Crippen MR) is 72.3 cm³/mol. The number of aryl methyl sites for hydroxylation is 1. The summed E-state index contributed by atoms with van der Waals surface area (Å²) in [4.78, 5) is 16.5. The summed E-state index contributed by atoms with van der Waals surface area (Å²) in [7, 11) is 0. The van der Waals surface area contributed by atoms with Gasteiger partial charge in [0.2, 0.25) is 11.7 Å². The van der Waals surface area contributed by atoms with E-state index in [0.29, 0.717) is 5.78 Å². The number of rotatable bonds is 2. The Hall–Kier alpha value is -2.76. The molecule has 0 radical (unpaired) electrons. The lowest BCUT2D eigenvalue weighted by molar-refractivity contribution is 1.08. The highest BCUT2D eigenvalue weighted by molar-refractivity contribution is 5.78. The van der Waals surface area contributed by atoms with Crippen molar-refractivity contribution in [1.29, 1.82) is 0 Å². The first-order chi connectivity index (χ1) is 9.15. The summed E-state index contributed by atoms with van der Waals surface area (Å²) in [6, 6.07) is 0. The van der Waals surface area contributed by atoms with E-state index < -0.39 is 0 Å². The largest absolute Gasteiger partial charge is 0.368 e. The van der Waals surface area contributed by atoms with Gasteiger partial charge in [-0.3, -0.25) is 4.40 Å². The summed E-state index contributed by atoms with van der Waals surface area (Å²) in [6.45, 7) is 5.96. The van der Waals surface area contributed by atoms with Crippen LogP contribution in [0.3, 0.4) is 0 Å². The standard InChI is InChI=1S/C13H12N6/c1-8(11-6-16-12(14)18-9(11)2)10-5-17-13-15-3-4-19(13)7-10/h3-7H,1H2,2H3,(H2,14,16,18). The number of hydrogen-bond donors (Lipinski definition) is 1. The molecule has 3 aromatic heterocycles. The summed E-state index contributed by atoms with van der Waals surface area (Å²) in [5.41, 5.74) is 8.90. The van der Waals surface area contributed by atoms with Crippen LogP contribution in [0.25, 0.3) is 11.4 Å². The Balaban J connectivity index is 2.07. The summed E-state index contributed by atoms with van der Waals surface area (Å²) in [5, 5.41) is 0. The number of hydrogen-bond acceptors (Lipinski definition) is 5. The van der Waals surface area contributed by atoms with Crippen LogP contribution in [-0.4, -0.2) is 24.3 Å². The van der Waals surface area contributed by atoms with Crippen LogP contribution in [0.5, 0.6) is 0 Å². The average molecular weight is 252 g/mol. The van der Waals surface area contributed by atoms with E-state index in [1.54, 1.807) is 18.6 Å². The third kappa shape index (κ3) is 1.93. The van der Waals surface area contributed by atoms with Gasteiger partial charge in [-0.1, -0.05) is 6.58 Å². The molecule has 0 aliphatic rings. The summed E-state index contributed by atoms with van der Waals surface area (Å²) in [6.07, 6.45) is 8.88. The lowest BCUT2D eigenvalue weighted by Gasteiger charge is -2.08. The van der Waals surface area contributed by atoms with Crippen LogP contribution in [0, 0.1) is 6.92 Å². The Labute approximate surface area is 109 Å². The Bertz CT molecular complexity index is 774. The molecule has 0 aliphatic carbocycles. The second-order valence-corrected chi connectivity index (χ2v) is 4.18. The van der Waals surface area contributed by atoms with Gasteiger partial charge in [-0.05, 0) is 12.5 Å². The van der Waals surface area contributed by atoms with Gasteiger partial charge in [0.05, 0.1) is 5.69 Å². The summed E-state index contributed by atoms with van der Waals surface area (Å²) in [5.74, 6) is 0.916. The maximum absolute atomic E-state index is 5.55. The SMILES string of the molecule is C=C(c1cnc2nccn2c1)c1cnc(N)nc1C. The first-order valence-corrected chi connectivity index (χ1v) is 5.72. The van der Waals surface area contributed by atoms with Gasteiger partial charge in [0.15, 0.2) is 0 Å². The molecule has 0 fully saturated rings. The molecule has 0 bridgehead atoms. The highest BCUT2D eigenvalue weighted by Gasteiger charge is 2.09. The minimum absolute atomic E-state index is 0.261. The van der Waals surface area contributed by atoms with Gasteiger partial charge in [-0.25, -0.2) is 19.9 Å². The second-order valence-electron chi connectivity index (χ2n) is 4.18.